The minimum absolute atomic E-state index is 0.00574. The number of aromatic hydroxyl groups is 1. The van der Waals surface area contributed by atoms with Crippen molar-refractivity contribution in [2.24, 2.45) is 5.90 Å². The third kappa shape index (κ3) is 1.45. The maximum atomic E-state index is 12.4. The molecule has 94 valence electrons. The Kier molecular flexibility index (Phi) is 2.36. The predicted molar refractivity (Wildman–Crippen MR) is 66.2 cm³/mol. The molecular weight excluding hydrogens is 246 g/mol. The summed E-state index contributed by atoms with van der Waals surface area (Å²) in [6.07, 6.45) is 0. The van der Waals surface area contributed by atoms with Crippen molar-refractivity contribution >= 4 is 11.6 Å². The molecule has 0 saturated carbocycles. The van der Waals surface area contributed by atoms with Gasteiger partial charge >= 0.3 is 0 Å². The summed E-state index contributed by atoms with van der Waals surface area (Å²) in [5.41, 5.74) is 0.811. The third-order valence-electron chi connectivity index (χ3n) is 3.14. The van der Waals surface area contributed by atoms with Gasteiger partial charge in [-0.05, 0) is 12.1 Å². The number of nitrogens with two attached hydrogens (primary N) is 1. The molecule has 0 bridgehead atoms. The lowest BCUT2D eigenvalue weighted by Gasteiger charge is -2.19. The summed E-state index contributed by atoms with van der Waals surface area (Å²) in [4.78, 5) is 29.2. The highest BCUT2D eigenvalue weighted by molar-refractivity contribution is 6.29. The van der Waals surface area contributed by atoms with Crippen LogP contribution in [0.3, 0.4) is 0 Å². The molecule has 0 atom stereocenters. The van der Waals surface area contributed by atoms with Gasteiger partial charge in [0, 0.05) is 16.7 Å². The number of hydrogen-bond acceptors (Lipinski definition) is 5. The summed E-state index contributed by atoms with van der Waals surface area (Å²) in [6.45, 7) is 0. The zero-order valence-corrected chi connectivity index (χ0v) is 9.71. The number of carbonyl (C=O) groups is 2. The molecule has 5 nitrogen and oxygen atoms in total. The van der Waals surface area contributed by atoms with E-state index in [1.807, 2.05) is 0 Å². The summed E-state index contributed by atoms with van der Waals surface area (Å²) in [5.74, 6) is 3.95. The van der Waals surface area contributed by atoms with E-state index in [1.54, 1.807) is 24.3 Å². The lowest BCUT2D eigenvalue weighted by molar-refractivity contribution is 0.0975. The number of benzene rings is 2. The van der Waals surface area contributed by atoms with E-state index in [2.05, 4.69) is 4.84 Å². The van der Waals surface area contributed by atoms with Crippen LogP contribution in [0.15, 0.2) is 36.4 Å². The molecule has 0 saturated heterocycles. The molecule has 0 fully saturated rings. The lowest BCUT2D eigenvalue weighted by Crippen LogP contribution is -2.22. The van der Waals surface area contributed by atoms with Crippen LogP contribution >= 0.6 is 0 Å². The summed E-state index contributed by atoms with van der Waals surface area (Å²) in [6, 6.07) is 9.18. The fraction of sp³-hybridized carbons (Fsp3) is 0. The van der Waals surface area contributed by atoms with Crippen molar-refractivity contribution in [3.63, 3.8) is 0 Å². The molecule has 0 heterocycles. The maximum Gasteiger partial charge on any atom is 0.200 e. The molecular formula is C14H9NO4. The molecule has 5 heteroatoms. The summed E-state index contributed by atoms with van der Waals surface area (Å²) in [7, 11) is 0. The average Bonchev–Trinajstić information content (AvgIpc) is 2.44. The Labute approximate surface area is 108 Å². The fourth-order valence-corrected chi connectivity index (χ4v) is 2.26. The Hall–Kier alpha value is -2.66. The fourth-order valence-electron chi connectivity index (χ4n) is 2.26. The molecule has 0 unspecified atom stereocenters. The highest BCUT2D eigenvalue weighted by atomic mass is 16.6. The van der Waals surface area contributed by atoms with E-state index < -0.39 is 0 Å². The van der Waals surface area contributed by atoms with E-state index in [1.165, 1.54) is 12.1 Å². The summed E-state index contributed by atoms with van der Waals surface area (Å²) in [5, 5.41) is 9.65. The first kappa shape index (κ1) is 11.4. The highest BCUT2D eigenvalue weighted by Gasteiger charge is 2.33. The van der Waals surface area contributed by atoms with E-state index in [0.717, 1.165) is 0 Å². The van der Waals surface area contributed by atoms with Crippen LogP contribution in [0.4, 0.5) is 0 Å². The Morgan fingerprint density at radius 1 is 0.895 bits per heavy atom. The number of phenols is 1. The Bertz CT molecular complexity index is 721. The zero-order chi connectivity index (χ0) is 13.6. The van der Waals surface area contributed by atoms with Crippen LogP contribution in [0.2, 0.25) is 0 Å². The van der Waals surface area contributed by atoms with Crippen LogP contribution in [0, 0.1) is 0 Å². The van der Waals surface area contributed by atoms with Gasteiger partial charge in [-0.25, -0.2) is 0 Å². The van der Waals surface area contributed by atoms with Gasteiger partial charge in [0.25, 0.3) is 0 Å². The number of fused-ring (bicyclic) bond motifs is 2. The van der Waals surface area contributed by atoms with E-state index in [9.17, 15) is 14.7 Å². The maximum absolute atomic E-state index is 12.4. The number of ketones is 2. The summed E-state index contributed by atoms with van der Waals surface area (Å²) >= 11 is 0. The normalized spacial score (nSPS) is 12.9. The molecule has 0 radical (unpaired) electrons. The minimum Gasteiger partial charge on any atom is -0.504 e. The van der Waals surface area contributed by atoms with Crippen LogP contribution in [-0.4, -0.2) is 16.7 Å². The SMILES string of the molecule is NOc1c(O)ccc2c1C(=O)c1ccccc1C2=O. The van der Waals surface area contributed by atoms with Crippen molar-refractivity contribution in [2.45, 2.75) is 0 Å². The van der Waals surface area contributed by atoms with Gasteiger partial charge in [-0.1, -0.05) is 24.3 Å². The van der Waals surface area contributed by atoms with E-state index in [0.29, 0.717) is 5.56 Å². The first-order chi connectivity index (χ1) is 9.15. The number of phenolic OH excluding ortho intramolecular Hbond substituents is 1. The van der Waals surface area contributed by atoms with Crippen LogP contribution in [-0.2, 0) is 0 Å². The molecule has 1 aliphatic carbocycles. The number of hydrogen-bond donors (Lipinski definition) is 2. The quantitative estimate of drug-likeness (QED) is 0.642. The predicted octanol–water partition coefficient (Wildman–Crippen LogP) is 1.42. The monoisotopic (exact) mass is 255 g/mol. The van der Waals surface area contributed by atoms with Crippen LogP contribution in [0.25, 0.3) is 0 Å². The molecule has 3 N–H and O–H groups in total. The van der Waals surface area contributed by atoms with Gasteiger partial charge in [0.05, 0.1) is 5.56 Å². The van der Waals surface area contributed by atoms with Gasteiger partial charge in [-0.15, -0.1) is 0 Å². The third-order valence-corrected chi connectivity index (χ3v) is 3.14. The molecule has 1 aliphatic rings. The van der Waals surface area contributed by atoms with Gasteiger partial charge in [-0.2, -0.15) is 5.90 Å². The zero-order valence-electron chi connectivity index (χ0n) is 9.71. The van der Waals surface area contributed by atoms with E-state index in [-0.39, 0.29) is 39.8 Å². The first-order valence-corrected chi connectivity index (χ1v) is 5.56. The van der Waals surface area contributed by atoms with Crippen molar-refractivity contribution in [2.75, 3.05) is 0 Å². The van der Waals surface area contributed by atoms with Gasteiger partial charge < -0.3 is 9.94 Å². The van der Waals surface area contributed by atoms with Crippen LogP contribution < -0.4 is 10.7 Å². The highest BCUT2D eigenvalue weighted by Crippen LogP contribution is 2.38. The average molecular weight is 255 g/mol. The van der Waals surface area contributed by atoms with Crippen molar-refractivity contribution in [3.05, 3.63) is 58.7 Å². The van der Waals surface area contributed by atoms with Gasteiger partial charge in [-0.3, -0.25) is 9.59 Å². The molecule has 19 heavy (non-hydrogen) atoms. The first-order valence-electron chi connectivity index (χ1n) is 5.56. The number of rotatable bonds is 1. The van der Waals surface area contributed by atoms with Crippen molar-refractivity contribution in [1.29, 1.82) is 0 Å². The Balaban J connectivity index is 2.36. The second-order valence-electron chi connectivity index (χ2n) is 4.16. The standard InChI is InChI=1S/C14H9NO4/c15-19-14-10(16)6-5-9-11(14)13(18)8-4-2-1-3-7(8)12(9)17/h1-6,16H,15H2. The Morgan fingerprint density at radius 2 is 1.53 bits per heavy atom. The van der Waals surface area contributed by atoms with Crippen molar-refractivity contribution in [3.8, 4) is 11.5 Å². The summed E-state index contributed by atoms with van der Waals surface area (Å²) < 4.78 is 0. The molecule has 3 rings (SSSR count). The van der Waals surface area contributed by atoms with Crippen LogP contribution in [0.5, 0.6) is 11.5 Å². The minimum atomic E-state index is -0.387. The van der Waals surface area contributed by atoms with Crippen molar-refractivity contribution < 1.29 is 19.5 Å². The second-order valence-corrected chi connectivity index (χ2v) is 4.16. The molecule has 0 amide bonds. The molecule has 0 aromatic heterocycles. The molecule has 0 aliphatic heterocycles. The van der Waals surface area contributed by atoms with E-state index >= 15 is 0 Å². The van der Waals surface area contributed by atoms with E-state index in [4.69, 9.17) is 5.90 Å². The topological polar surface area (TPSA) is 89.6 Å². The van der Waals surface area contributed by atoms with Gasteiger partial charge in [0.2, 0.25) is 0 Å². The molecule has 2 aromatic rings. The van der Waals surface area contributed by atoms with Gasteiger partial charge in [0.15, 0.2) is 23.1 Å². The lowest BCUT2D eigenvalue weighted by atomic mass is 9.83. The van der Waals surface area contributed by atoms with Crippen LogP contribution in [0.1, 0.15) is 31.8 Å². The molecule has 2 aromatic carbocycles. The molecule has 0 spiro atoms. The number of carbonyl (C=O) groups excluding carboxylic acids is 2. The van der Waals surface area contributed by atoms with Crippen molar-refractivity contribution in [1.82, 2.24) is 0 Å². The largest absolute Gasteiger partial charge is 0.504 e. The second kappa shape index (κ2) is 3.93. The smallest absolute Gasteiger partial charge is 0.200 e. The Morgan fingerprint density at radius 3 is 2.16 bits per heavy atom. The van der Waals surface area contributed by atoms with Gasteiger partial charge in [0.1, 0.15) is 0 Å².